The van der Waals surface area contributed by atoms with Crippen LogP contribution in [0.15, 0.2) is 60.2 Å². The Balaban J connectivity index is 2.01. The Labute approximate surface area is 123 Å². The molecule has 0 aliphatic carbocycles. The number of nitriles is 1. The maximum absolute atomic E-state index is 9.44. The predicted molar refractivity (Wildman–Crippen MR) is 83.4 cm³/mol. The Bertz CT molecular complexity index is 703. The summed E-state index contributed by atoms with van der Waals surface area (Å²) in [5.41, 5.74) is 3.46. The zero-order valence-corrected chi connectivity index (χ0v) is 11.7. The maximum atomic E-state index is 9.44. The highest BCUT2D eigenvalue weighted by molar-refractivity contribution is 5.77. The Kier molecular flexibility index (Phi) is 3.59. The van der Waals surface area contributed by atoms with Gasteiger partial charge in [0.15, 0.2) is 6.17 Å². The van der Waals surface area contributed by atoms with Gasteiger partial charge in [0.25, 0.3) is 0 Å². The van der Waals surface area contributed by atoms with Crippen molar-refractivity contribution < 1.29 is 4.84 Å². The van der Waals surface area contributed by atoms with Crippen LogP contribution in [0.25, 0.3) is 6.08 Å². The molecule has 4 nitrogen and oxygen atoms in total. The van der Waals surface area contributed by atoms with Crippen LogP contribution in [0.5, 0.6) is 0 Å². The second-order valence-corrected chi connectivity index (χ2v) is 4.69. The third-order valence-electron chi connectivity index (χ3n) is 3.42. The highest BCUT2D eigenvalue weighted by atomic mass is 16.7. The predicted octanol–water partition coefficient (Wildman–Crippen LogP) is 3.41. The van der Waals surface area contributed by atoms with Crippen LogP contribution in [0.3, 0.4) is 0 Å². The van der Waals surface area contributed by atoms with Gasteiger partial charge in [0.2, 0.25) is 0 Å². The number of anilines is 2. The van der Waals surface area contributed by atoms with Gasteiger partial charge in [0.05, 0.1) is 24.4 Å². The van der Waals surface area contributed by atoms with Crippen molar-refractivity contribution in [3.63, 3.8) is 0 Å². The molecule has 0 radical (unpaired) electrons. The lowest BCUT2D eigenvalue weighted by atomic mass is 10.0. The van der Waals surface area contributed by atoms with Gasteiger partial charge in [0.1, 0.15) is 0 Å². The molecule has 0 bridgehead atoms. The molecule has 0 amide bonds. The van der Waals surface area contributed by atoms with Crippen LogP contribution in [0.1, 0.15) is 5.56 Å². The molecular formula is C17H15N3O. The highest BCUT2D eigenvalue weighted by Gasteiger charge is 2.29. The summed E-state index contributed by atoms with van der Waals surface area (Å²) in [6.45, 7) is 0. The van der Waals surface area contributed by atoms with Crippen LogP contribution in [0, 0.1) is 11.3 Å². The number of fused-ring (bicyclic) bond motifs is 1. The van der Waals surface area contributed by atoms with Crippen molar-refractivity contribution in [2.24, 2.45) is 0 Å². The molecule has 3 rings (SSSR count). The second kappa shape index (κ2) is 5.70. The van der Waals surface area contributed by atoms with Gasteiger partial charge in [-0.05, 0) is 24.3 Å². The molecule has 0 saturated heterocycles. The van der Waals surface area contributed by atoms with Gasteiger partial charge in [-0.2, -0.15) is 5.26 Å². The molecule has 1 aliphatic heterocycles. The number of hydroxylamine groups is 1. The standard InChI is InChI=1S/C17H15N3O/c1-21-20-16-10-6-5-7-13(16)11-14(12-18)17(20)19-15-8-3-2-4-9-15/h2-11,17,19H,1H3. The van der Waals surface area contributed by atoms with Gasteiger partial charge in [-0.1, -0.05) is 36.4 Å². The molecule has 0 spiro atoms. The lowest BCUT2D eigenvalue weighted by Crippen LogP contribution is -2.43. The van der Waals surface area contributed by atoms with Crippen molar-refractivity contribution >= 4 is 17.5 Å². The molecule has 2 aromatic rings. The fourth-order valence-electron chi connectivity index (χ4n) is 2.45. The smallest absolute Gasteiger partial charge is 0.160 e. The third kappa shape index (κ3) is 2.47. The number of para-hydroxylation sites is 2. The largest absolute Gasteiger partial charge is 0.359 e. The Hall–Kier alpha value is -2.77. The summed E-state index contributed by atoms with van der Waals surface area (Å²) < 4.78 is 0. The van der Waals surface area contributed by atoms with Crippen molar-refractivity contribution in [1.82, 2.24) is 0 Å². The summed E-state index contributed by atoms with van der Waals surface area (Å²) in [7, 11) is 1.61. The van der Waals surface area contributed by atoms with Crippen molar-refractivity contribution in [2.75, 3.05) is 17.5 Å². The highest BCUT2D eigenvalue weighted by Crippen LogP contribution is 2.32. The van der Waals surface area contributed by atoms with Gasteiger partial charge >= 0.3 is 0 Å². The normalized spacial score (nSPS) is 16.7. The zero-order valence-electron chi connectivity index (χ0n) is 11.7. The first-order valence-corrected chi connectivity index (χ1v) is 6.69. The Morgan fingerprint density at radius 2 is 1.81 bits per heavy atom. The molecule has 21 heavy (non-hydrogen) atoms. The molecule has 4 heteroatoms. The quantitative estimate of drug-likeness (QED) is 0.934. The number of hydrogen-bond donors (Lipinski definition) is 1. The first-order chi connectivity index (χ1) is 10.3. The van der Waals surface area contributed by atoms with E-state index < -0.39 is 0 Å². The van der Waals surface area contributed by atoms with E-state index in [2.05, 4.69) is 11.4 Å². The maximum Gasteiger partial charge on any atom is 0.160 e. The van der Waals surface area contributed by atoms with Crippen LogP contribution in [0.2, 0.25) is 0 Å². The zero-order chi connectivity index (χ0) is 14.7. The lowest BCUT2D eigenvalue weighted by Gasteiger charge is -2.35. The summed E-state index contributed by atoms with van der Waals surface area (Å²) in [5.74, 6) is 0. The Morgan fingerprint density at radius 1 is 1.10 bits per heavy atom. The van der Waals surface area contributed by atoms with Crippen LogP contribution in [0.4, 0.5) is 11.4 Å². The monoisotopic (exact) mass is 277 g/mol. The van der Waals surface area contributed by atoms with E-state index in [1.807, 2.05) is 60.7 Å². The van der Waals surface area contributed by atoms with E-state index in [0.29, 0.717) is 5.57 Å². The van der Waals surface area contributed by atoms with E-state index in [1.54, 1.807) is 12.2 Å². The molecule has 1 aliphatic rings. The number of nitrogens with zero attached hydrogens (tertiary/aromatic N) is 2. The number of nitrogens with one attached hydrogen (secondary N) is 1. The SMILES string of the molecule is CON1c2ccccc2C=C(C#N)C1Nc1ccccc1. The fourth-order valence-corrected chi connectivity index (χ4v) is 2.45. The molecule has 104 valence electrons. The molecule has 1 atom stereocenters. The summed E-state index contributed by atoms with van der Waals surface area (Å²) in [6.07, 6.45) is 1.54. The topological polar surface area (TPSA) is 48.3 Å². The minimum atomic E-state index is -0.350. The van der Waals surface area contributed by atoms with E-state index in [0.717, 1.165) is 16.9 Å². The van der Waals surface area contributed by atoms with Gasteiger partial charge in [0, 0.05) is 11.3 Å². The molecule has 1 heterocycles. The second-order valence-electron chi connectivity index (χ2n) is 4.69. The minimum Gasteiger partial charge on any atom is -0.359 e. The van der Waals surface area contributed by atoms with E-state index in [4.69, 9.17) is 4.84 Å². The van der Waals surface area contributed by atoms with E-state index in [-0.39, 0.29) is 6.17 Å². The number of rotatable bonds is 3. The molecular weight excluding hydrogens is 262 g/mol. The Morgan fingerprint density at radius 3 is 2.52 bits per heavy atom. The van der Waals surface area contributed by atoms with Crippen LogP contribution >= 0.6 is 0 Å². The van der Waals surface area contributed by atoms with E-state index in [1.165, 1.54) is 0 Å². The van der Waals surface area contributed by atoms with Gasteiger partial charge in [-0.25, -0.2) is 5.06 Å². The minimum absolute atomic E-state index is 0.350. The summed E-state index contributed by atoms with van der Waals surface area (Å²) in [4.78, 5) is 5.51. The first kappa shape index (κ1) is 13.2. The fraction of sp³-hybridized carbons (Fsp3) is 0.118. The molecule has 1 N–H and O–H groups in total. The number of hydrogen-bond acceptors (Lipinski definition) is 4. The van der Waals surface area contributed by atoms with Gasteiger partial charge in [-0.3, -0.25) is 4.84 Å². The molecule has 0 aromatic heterocycles. The summed E-state index contributed by atoms with van der Waals surface area (Å²) in [5, 5.41) is 14.5. The summed E-state index contributed by atoms with van der Waals surface area (Å²) in [6, 6.07) is 19.9. The van der Waals surface area contributed by atoms with Crippen molar-refractivity contribution in [3.05, 3.63) is 65.7 Å². The average molecular weight is 277 g/mol. The lowest BCUT2D eigenvalue weighted by molar-refractivity contribution is 0.154. The van der Waals surface area contributed by atoms with Crippen molar-refractivity contribution in [2.45, 2.75) is 6.17 Å². The van der Waals surface area contributed by atoms with Crippen LogP contribution < -0.4 is 10.4 Å². The van der Waals surface area contributed by atoms with E-state index >= 15 is 0 Å². The van der Waals surface area contributed by atoms with Gasteiger partial charge in [-0.15, -0.1) is 0 Å². The van der Waals surface area contributed by atoms with Crippen LogP contribution in [-0.4, -0.2) is 13.3 Å². The van der Waals surface area contributed by atoms with Crippen molar-refractivity contribution in [3.8, 4) is 6.07 Å². The summed E-state index contributed by atoms with van der Waals surface area (Å²) >= 11 is 0. The molecule has 0 saturated carbocycles. The van der Waals surface area contributed by atoms with Gasteiger partial charge < -0.3 is 5.32 Å². The molecule has 1 unspecified atom stereocenters. The average Bonchev–Trinajstić information content (AvgIpc) is 2.55. The molecule has 2 aromatic carbocycles. The molecule has 0 fully saturated rings. The third-order valence-corrected chi connectivity index (χ3v) is 3.42. The van der Waals surface area contributed by atoms with E-state index in [9.17, 15) is 5.26 Å². The van der Waals surface area contributed by atoms with Crippen LogP contribution in [-0.2, 0) is 4.84 Å². The first-order valence-electron chi connectivity index (χ1n) is 6.69. The number of benzene rings is 2. The van der Waals surface area contributed by atoms with Crippen molar-refractivity contribution in [1.29, 1.82) is 5.26 Å².